The molecule has 4 nitrogen and oxygen atoms in total. The van der Waals surface area contributed by atoms with E-state index in [-0.39, 0.29) is 10.6 Å². The molecule has 0 saturated heterocycles. The number of unbranched alkanes of at least 4 members (excludes halogenated alkanes) is 1. The molecule has 0 aromatic carbocycles. The van der Waals surface area contributed by atoms with Crippen LogP contribution < -0.4 is 0 Å². The van der Waals surface area contributed by atoms with Crippen LogP contribution in [0.1, 0.15) is 58.3 Å². The summed E-state index contributed by atoms with van der Waals surface area (Å²) >= 11 is 0. The third-order valence-corrected chi connectivity index (χ3v) is 3.35. The molecule has 0 aliphatic carbocycles. The van der Waals surface area contributed by atoms with Crippen molar-refractivity contribution in [1.82, 2.24) is 0 Å². The lowest BCUT2D eigenvalue weighted by Crippen LogP contribution is -1.97. The number of nitrogens with zero attached hydrogens (tertiary/aromatic N) is 1. The van der Waals surface area contributed by atoms with Gasteiger partial charge in [0.25, 0.3) is 0 Å². The zero-order chi connectivity index (χ0) is 19.3. The second kappa shape index (κ2) is 18.8. The Morgan fingerprint density at radius 2 is 1.38 bits per heavy atom. The summed E-state index contributed by atoms with van der Waals surface area (Å²) < 4.78 is 0. The molecule has 0 rings (SSSR count). The number of allylic oxidation sites excluding steroid dienone is 11. The van der Waals surface area contributed by atoms with E-state index in [4.69, 9.17) is 0 Å². The van der Waals surface area contributed by atoms with Crippen molar-refractivity contribution in [1.29, 1.82) is 0 Å². The first-order valence-corrected chi connectivity index (χ1v) is 9.15. The number of hydrogen-bond acceptors (Lipinski definition) is 3. The van der Waals surface area contributed by atoms with E-state index >= 15 is 0 Å². The Hall–Kier alpha value is -2.49. The number of carbonyl (C=O) groups excluding carboxylic acids is 1. The zero-order valence-corrected chi connectivity index (χ0v) is 15.7. The fourth-order valence-corrected chi connectivity index (χ4v) is 1.98. The first-order valence-electron chi connectivity index (χ1n) is 9.15. The normalized spacial score (nSPS) is 13.2. The fourth-order valence-electron chi connectivity index (χ4n) is 1.98. The summed E-state index contributed by atoms with van der Waals surface area (Å²) in [6.45, 7) is 2.04. The predicted molar refractivity (Wildman–Crippen MR) is 109 cm³/mol. The molecule has 0 aliphatic heterocycles. The third-order valence-electron chi connectivity index (χ3n) is 3.35. The second-order valence-corrected chi connectivity index (χ2v) is 5.55. The summed E-state index contributed by atoms with van der Waals surface area (Å²) in [4.78, 5) is 20.7. The van der Waals surface area contributed by atoms with Gasteiger partial charge >= 0.3 is 0 Å². The molecule has 0 amide bonds. The van der Waals surface area contributed by atoms with Crippen LogP contribution in [0.15, 0.2) is 72.5 Å². The zero-order valence-electron chi connectivity index (χ0n) is 15.7. The molecule has 0 aromatic rings. The molecule has 0 unspecified atom stereocenters. The van der Waals surface area contributed by atoms with Crippen molar-refractivity contribution in [3.8, 4) is 0 Å². The van der Waals surface area contributed by atoms with Gasteiger partial charge in [0.1, 0.15) is 0 Å². The van der Waals surface area contributed by atoms with Gasteiger partial charge in [-0.1, -0.05) is 67.7 Å². The van der Waals surface area contributed by atoms with Gasteiger partial charge in [-0.2, -0.15) is 0 Å². The molecular formula is C22H30NO3. The maximum absolute atomic E-state index is 11.0. The number of nitro groups is 1. The molecule has 0 spiro atoms. The molecule has 0 saturated carbocycles. The topological polar surface area (TPSA) is 60.2 Å². The average molecular weight is 356 g/mol. The van der Waals surface area contributed by atoms with Gasteiger partial charge in [-0.3, -0.25) is 14.9 Å². The first-order chi connectivity index (χ1) is 12.7. The number of rotatable bonds is 15. The smallest absolute Gasteiger partial charge is 0.246 e. The SMILES string of the molecule is CC/C=C\C/C=C(\C/C=C\C/C=C\C/C=C\C/C=C\CC[C]=O)[N+](=O)[O-]. The van der Waals surface area contributed by atoms with Crippen molar-refractivity contribution in [2.45, 2.75) is 58.3 Å². The molecule has 1 radical (unpaired) electrons. The highest BCUT2D eigenvalue weighted by Gasteiger charge is 2.06. The van der Waals surface area contributed by atoms with Crippen molar-refractivity contribution in [2.24, 2.45) is 0 Å². The third kappa shape index (κ3) is 16.4. The Morgan fingerprint density at radius 3 is 1.92 bits per heavy atom. The highest BCUT2D eigenvalue weighted by Crippen LogP contribution is 2.06. The molecule has 4 heteroatoms. The van der Waals surface area contributed by atoms with Gasteiger partial charge in [-0.15, -0.1) is 0 Å². The van der Waals surface area contributed by atoms with Crippen molar-refractivity contribution in [3.05, 3.63) is 82.6 Å². The maximum Gasteiger partial charge on any atom is 0.246 e. The second-order valence-electron chi connectivity index (χ2n) is 5.55. The molecule has 141 valence electrons. The van der Waals surface area contributed by atoms with Crippen LogP contribution in [0.5, 0.6) is 0 Å². The molecule has 0 bridgehead atoms. The molecule has 0 atom stereocenters. The van der Waals surface area contributed by atoms with E-state index in [9.17, 15) is 14.9 Å². The van der Waals surface area contributed by atoms with Crippen LogP contribution in [0.4, 0.5) is 0 Å². The molecule has 26 heavy (non-hydrogen) atoms. The Kier molecular flexibility index (Phi) is 17.0. The van der Waals surface area contributed by atoms with Crippen LogP contribution in [-0.2, 0) is 4.79 Å². The molecule has 0 aliphatic rings. The quantitative estimate of drug-likeness (QED) is 0.152. The fraction of sp³-hybridized carbons (Fsp3) is 0.409. The van der Waals surface area contributed by atoms with Crippen LogP contribution in [-0.4, -0.2) is 11.2 Å². The summed E-state index contributed by atoms with van der Waals surface area (Å²) in [5.74, 6) is 0. The summed E-state index contributed by atoms with van der Waals surface area (Å²) in [6, 6.07) is 0. The minimum atomic E-state index is -0.309. The van der Waals surface area contributed by atoms with Crippen LogP contribution >= 0.6 is 0 Å². The lowest BCUT2D eigenvalue weighted by atomic mass is 10.2. The van der Waals surface area contributed by atoms with Crippen molar-refractivity contribution >= 4 is 6.29 Å². The first kappa shape index (κ1) is 23.5. The largest absolute Gasteiger partial charge is 0.291 e. The summed E-state index contributed by atoms with van der Waals surface area (Å²) in [7, 11) is 0. The van der Waals surface area contributed by atoms with E-state index in [1.807, 2.05) is 49.7 Å². The number of hydrogen-bond donors (Lipinski definition) is 0. The minimum Gasteiger partial charge on any atom is -0.291 e. The molecule has 0 heterocycles. The van der Waals surface area contributed by atoms with E-state index in [1.165, 1.54) is 0 Å². The standard InChI is InChI=1S/C22H30NO3/c1-2-3-4-16-19-22(23(25)26)20-17-14-12-10-8-6-5-7-9-11-13-15-18-21-24/h3-5,7-8,10-11,13-14,17,19H,2,6,9,12,15-16,18,20H2,1H3/b4-3-,7-5-,10-8-,13-11-,17-14-,22-19+. The molecular weight excluding hydrogens is 326 g/mol. The lowest BCUT2D eigenvalue weighted by Gasteiger charge is -1.93. The highest BCUT2D eigenvalue weighted by molar-refractivity contribution is 5.50. The van der Waals surface area contributed by atoms with Gasteiger partial charge in [-0.25, -0.2) is 0 Å². The van der Waals surface area contributed by atoms with Gasteiger partial charge in [-0.05, 0) is 44.6 Å². The van der Waals surface area contributed by atoms with Crippen LogP contribution in [0.25, 0.3) is 0 Å². The summed E-state index contributed by atoms with van der Waals surface area (Å²) in [5, 5.41) is 11.0. The maximum atomic E-state index is 11.0. The molecule has 0 N–H and O–H groups in total. The summed E-state index contributed by atoms with van der Waals surface area (Å²) in [6.07, 6.45) is 29.3. The molecule has 0 aromatic heterocycles. The Bertz CT molecular complexity index is 552. The summed E-state index contributed by atoms with van der Waals surface area (Å²) in [5.41, 5.74) is 0.244. The Balaban J connectivity index is 3.94. The van der Waals surface area contributed by atoms with E-state index in [2.05, 4.69) is 24.3 Å². The van der Waals surface area contributed by atoms with Gasteiger partial charge in [0.05, 0.1) is 11.3 Å². The van der Waals surface area contributed by atoms with Crippen LogP contribution in [0.2, 0.25) is 0 Å². The predicted octanol–water partition coefficient (Wildman–Crippen LogP) is 6.18. The van der Waals surface area contributed by atoms with Gasteiger partial charge in [0.2, 0.25) is 5.70 Å². The Morgan fingerprint density at radius 1 is 0.846 bits per heavy atom. The van der Waals surface area contributed by atoms with Gasteiger partial charge < -0.3 is 0 Å². The molecule has 0 fully saturated rings. The highest BCUT2D eigenvalue weighted by atomic mass is 16.6. The lowest BCUT2D eigenvalue weighted by molar-refractivity contribution is -0.427. The average Bonchev–Trinajstić information content (AvgIpc) is 2.63. The monoisotopic (exact) mass is 356 g/mol. The van der Waals surface area contributed by atoms with Crippen LogP contribution in [0, 0.1) is 10.1 Å². The van der Waals surface area contributed by atoms with Crippen LogP contribution in [0.3, 0.4) is 0 Å². The van der Waals surface area contributed by atoms with Crippen molar-refractivity contribution in [3.63, 3.8) is 0 Å². The van der Waals surface area contributed by atoms with E-state index in [1.54, 1.807) is 6.08 Å². The van der Waals surface area contributed by atoms with E-state index in [0.717, 1.165) is 32.1 Å². The minimum absolute atomic E-state index is 0.244. The van der Waals surface area contributed by atoms with Gasteiger partial charge in [0.15, 0.2) is 6.29 Å². The van der Waals surface area contributed by atoms with Crippen molar-refractivity contribution in [2.75, 3.05) is 0 Å². The Labute approximate surface area is 157 Å². The van der Waals surface area contributed by atoms with Gasteiger partial charge in [0, 0.05) is 6.42 Å². The van der Waals surface area contributed by atoms with E-state index in [0.29, 0.717) is 19.3 Å². The van der Waals surface area contributed by atoms with E-state index < -0.39 is 0 Å². The van der Waals surface area contributed by atoms with Crippen molar-refractivity contribution < 1.29 is 9.72 Å².